The van der Waals surface area contributed by atoms with Crippen molar-refractivity contribution in [2.45, 2.75) is 30.2 Å². The third kappa shape index (κ3) is 6.90. The number of ether oxygens (including phenoxy) is 1. The summed E-state index contributed by atoms with van der Waals surface area (Å²) in [7, 11) is -4.53. The van der Waals surface area contributed by atoms with E-state index in [-0.39, 0.29) is 28.1 Å². The topological polar surface area (TPSA) is 135 Å². The quantitative estimate of drug-likeness (QED) is 0.345. The summed E-state index contributed by atoms with van der Waals surface area (Å²) in [4.78, 5) is 13.4. The molecular formula is C24H19F6N5O4S. The Kier molecular flexibility index (Phi) is 8.78. The van der Waals surface area contributed by atoms with Crippen molar-refractivity contribution < 1.29 is 44.3 Å². The highest BCUT2D eigenvalue weighted by atomic mass is 32.2. The van der Waals surface area contributed by atoms with Crippen molar-refractivity contribution in [1.29, 1.82) is 10.5 Å². The fraction of sp³-hybridized carbons (Fsp3) is 0.292. The van der Waals surface area contributed by atoms with Gasteiger partial charge >= 0.3 is 18.4 Å². The third-order valence-corrected chi connectivity index (χ3v) is 7.10. The van der Waals surface area contributed by atoms with Crippen LogP contribution in [0.2, 0.25) is 0 Å². The van der Waals surface area contributed by atoms with Crippen LogP contribution in [-0.2, 0) is 20.9 Å². The van der Waals surface area contributed by atoms with Crippen molar-refractivity contribution >= 4 is 21.7 Å². The van der Waals surface area contributed by atoms with E-state index >= 15 is 0 Å². The zero-order valence-corrected chi connectivity index (χ0v) is 21.2. The van der Waals surface area contributed by atoms with E-state index in [0.717, 1.165) is 23.1 Å². The first-order valence-electron chi connectivity index (χ1n) is 11.2. The molecule has 3 rings (SSSR count). The second kappa shape index (κ2) is 11.5. The Morgan fingerprint density at radius 1 is 1.07 bits per heavy atom. The SMILES string of the molecule is CC1=C(C#N)[C@@H](c2ccc(C#N)cc2S(=O)(=O)NCCOCC(F)(F)F)NC(=O)N1c1cccc(C(F)(F)F)c1. The van der Waals surface area contributed by atoms with Gasteiger partial charge in [-0.15, -0.1) is 0 Å². The molecule has 0 aliphatic carbocycles. The van der Waals surface area contributed by atoms with Gasteiger partial charge in [-0.3, -0.25) is 4.90 Å². The monoisotopic (exact) mass is 587 g/mol. The van der Waals surface area contributed by atoms with Gasteiger partial charge in [0.2, 0.25) is 10.0 Å². The Labute approximate surface area is 224 Å². The number of carbonyl (C=O) groups is 1. The number of hydrogen-bond acceptors (Lipinski definition) is 6. The average Bonchev–Trinajstić information content (AvgIpc) is 2.87. The van der Waals surface area contributed by atoms with Gasteiger partial charge in [-0.2, -0.15) is 36.9 Å². The summed E-state index contributed by atoms with van der Waals surface area (Å²) in [6.07, 6.45) is -9.33. The van der Waals surface area contributed by atoms with Crippen LogP contribution in [0.1, 0.15) is 29.7 Å². The maximum atomic E-state index is 13.2. The summed E-state index contributed by atoms with van der Waals surface area (Å²) < 4.78 is 109. The number of carbonyl (C=O) groups excluding carboxylic acids is 1. The number of alkyl halides is 6. The largest absolute Gasteiger partial charge is 0.416 e. The van der Waals surface area contributed by atoms with Gasteiger partial charge < -0.3 is 10.1 Å². The van der Waals surface area contributed by atoms with Gasteiger partial charge in [-0.05, 0) is 42.8 Å². The number of nitrogens with zero attached hydrogens (tertiary/aromatic N) is 3. The van der Waals surface area contributed by atoms with Crippen LogP contribution in [0.3, 0.4) is 0 Å². The minimum atomic E-state index is -4.71. The van der Waals surface area contributed by atoms with Crippen LogP contribution in [0, 0.1) is 22.7 Å². The molecule has 0 saturated heterocycles. The number of anilines is 1. The number of hydrogen-bond donors (Lipinski definition) is 2. The molecular weight excluding hydrogens is 568 g/mol. The standard InChI is InChI=1S/C24H19F6N5O4S/c1-14-19(12-32)21(34-22(36)35(14)17-4-2-3-16(10-17)24(28,29)30)18-6-5-15(11-31)9-20(18)40(37,38)33-7-8-39-13-23(25,26)27/h2-6,9-10,21,33H,7-8,13H2,1H3,(H,34,36)/t21-/m1/s1. The number of rotatable bonds is 8. The van der Waals surface area contributed by atoms with E-state index in [2.05, 4.69) is 10.1 Å². The number of nitrogens with one attached hydrogen (secondary N) is 2. The van der Waals surface area contributed by atoms with Gasteiger partial charge in [0, 0.05) is 12.2 Å². The lowest BCUT2D eigenvalue weighted by atomic mass is 9.94. The molecule has 0 bridgehead atoms. The Morgan fingerprint density at radius 3 is 2.38 bits per heavy atom. The molecule has 1 atom stereocenters. The van der Waals surface area contributed by atoms with Crippen LogP contribution in [0.25, 0.3) is 0 Å². The smallest absolute Gasteiger partial charge is 0.371 e. The minimum Gasteiger partial charge on any atom is -0.371 e. The molecule has 0 unspecified atom stereocenters. The van der Waals surface area contributed by atoms with Gasteiger partial charge in [0.25, 0.3) is 0 Å². The van der Waals surface area contributed by atoms with Crippen molar-refractivity contribution in [2.24, 2.45) is 0 Å². The normalized spacial score (nSPS) is 16.4. The molecule has 2 N–H and O–H groups in total. The van der Waals surface area contributed by atoms with Crippen LogP contribution < -0.4 is 14.9 Å². The van der Waals surface area contributed by atoms with Gasteiger partial charge in [0.1, 0.15) is 6.61 Å². The van der Waals surface area contributed by atoms with Crippen molar-refractivity contribution in [1.82, 2.24) is 10.0 Å². The predicted octanol–water partition coefficient (Wildman–Crippen LogP) is 4.50. The lowest BCUT2D eigenvalue weighted by Gasteiger charge is -2.34. The number of amides is 2. The van der Waals surface area contributed by atoms with Gasteiger partial charge in [0.15, 0.2) is 0 Å². The van der Waals surface area contributed by atoms with Gasteiger partial charge in [-0.1, -0.05) is 12.1 Å². The summed E-state index contributed by atoms with van der Waals surface area (Å²) in [5, 5.41) is 21.6. The van der Waals surface area contributed by atoms with Crippen molar-refractivity contribution in [3.63, 3.8) is 0 Å². The fourth-order valence-electron chi connectivity index (χ4n) is 3.84. The lowest BCUT2D eigenvalue weighted by Crippen LogP contribution is -2.47. The molecule has 16 heteroatoms. The molecule has 2 amide bonds. The summed E-state index contributed by atoms with van der Waals surface area (Å²) >= 11 is 0. The van der Waals surface area contributed by atoms with Crippen LogP contribution in [0.5, 0.6) is 0 Å². The molecule has 9 nitrogen and oxygen atoms in total. The van der Waals surface area contributed by atoms with Crippen LogP contribution in [-0.4, -0.2) is 40.4 Å². The zero-order chi connectivity index (χ0) is 29.9. The van der Waals surface area contributed by atoms with Crippen LogP contribution >= 0.6 is 0 Å². The Hall–Kier alpha value is -4.12. The summed E-state index contributed by atoms with van der Waals surface area (Å²) in [6.45, 7) is -1.52. The highest BCUT2D eigenvalue weighted by Crippen LogP contribution is 2.38. The van der Waals surface area contributed by atoms with Gasteiger partial charge in [-0.25, -0.2) is 17.9 Å². The van der Waals surface area contributed by atoms with Crippen molar-refractivity contribution in [3.05, 3.63) is 70.4 Å². The van der Waals surface area contributed by atoms with Crippen molar-refractivity contribution in [2.75, 3.05) is 24.7 Å². The highest BCUT2D eigenvalue weighted by Gasteiger charge is 2.37. The Balaban J connectivity index is 2.01. The van der Waals surface area contributed by atoms with E-state index in [4.69, 9.17) is 0 Å². The average molecular weight is 588 g/mol. The van der Waals surface area contributed by atoms with E-state index < -0.39 is 64.7 Å². The number of nitriles is 2. The molecule has 0 radical (unpaired) electrons. The summed E-state index contributed by atoms with van der Waals surface area (Å²) in [6, 6.07) is 8.35. The predicted molar refractivity (Wildman–Crippen MR) is 127 cm³/mol. The second-order valence-electron chi connectivity index (χ2n) is 8.31. The highest BCUT2D eigenvalue weighted by molar-refractivity contribution is 7.89. The van der Waals surface area contributed by atoms with E-state index in [1.54, 1.807) is 6.07 Å². The summed E-state index contributed by atoms with van der Waals surface area (Å²) in [5.41, 5.74) is -1.84. The summed E-state index contributed by atoms with van der Waals surface area (Å²) in [5.74, 6) is 0. The molecule has 2 aromatic carbocycles. The molecule has 212 valence electrons. The molecule has 0 saturated carbocycles. The second-order valence-corrected chi connectivity index (χ2v) is 10.0. The van der Waals surface area contributed by atoms with E-state index in [1.807, 2.05) is 10.8 Å². The van der Waals surface area contributed by atoms with E-state index in [1.165, 1.54) is 25.1 Å². The first-order valence-corrected chi connectivity index (χ1v) is 12.6. The molecule has 2 aromatic rings. The van der Waals surface area contributed by atoms with E-state index in [0.29, 0.717) is 6.07 Å². The molecule has 1 aliphatic heterocycles. The maximum absolute atomic E-state index is 13.2. The number of sulfonamides is 1. The number of halogens is 6. The third-order valence-electron chi connectivity index (χ3n) is 5.58. The Bertz CT molecular complexity index is 1520. The molecule has 0 fully saturated rings. The number of urea groups is 1. The van der Waals surface area contributed by atoms with E-state index in [9.17, 15) is 50.1 Å². The minimum absolute atomic E-state index is 0.0863. The molecule has 1 heterocycles. The lowest BCUT2D eigenvalue weighted by molar-refractivity contribution is -0.173. The number of benzene rings is 2. The number of allylic oxidation sites excluding steroid dienone is 1. The fourth-order valence-corrected chi connectivity index (χ4v) is 5.13. The van der Waals surface area contributed by atoms with Crippen LogP contribution in [0.4, 0.5) is 36.8 Å². The van der Waals surface area contributed by atoms with Crippen LogP contribution in [0.15, 0.2) is 58.6 Å². The molecule has 0 spiro atoms. The first kappa shape index (κ1) is 30.4. The molecule has 1 aliphatic rings. The van der Waals surface area contributed by atoms with Crippen molar-refractivity contribution in [3.8, 4) is 12.1 Å². The zero-order valence-electron chi connectivity index (χ0n) is 20.4. The Morgan fingerprint density at radius 2 is 1.77 bits per heavy atom. The van der Waals surface area contributed by atoms with Gasteiger partial charge in [0.05, 0.1) is 52.1 Å². The maximum Gasteiger partial charge on any atom is 0.416 e. The first-order chi connectivity index (χ1) is 18.6. The molecule has 40 heavy (non-hydrogen) atoms. The molecule has 0 aromatic heterocycles.